The molecule has 34 heavy (non-hydrogen) atoms. The lowest BCUT2D eigenvalue weighted by molar-refractivity contribution is 0.0601. The Morgan fingerprint density at radius 1 is 1.09 bits per heavy atom. The van der Waals surface area contributed by atoms with Crippen LogP contribution in [0.5, 0.6) is 5.75 Å². The number of ether oxygens (including phenoxy) is 1. The summed E-state index contributed by atoms with van der Waals surface area (Å²) in [6.07, 6.45) is 4.75. The third kappa shape index (κ3) is 3.50. The van der Waals surface area contributed by atoms with Crippen molar-refractivity contribution in [3.05, 3.63) is 71.7 Å². The van der Waals surface area contributed by atoms with Gasteiger partial charge in [0.2, 0.25) is 0 Å². The summed E-state index contributed by atoms with van der Waals surface area (Å²) in [7, 11) is 1.31. The van der Waals surface area contributed by atoms with Gasteiger partial charge in [-0.3, -0.25) is 9.88 Å². The molecule has 1 aliphatic rings. The number of hydrogen-bond acceptors (Lipinski definition) is 7. The second-order valence-electron chi connectivity index (χ2n) is 8.20. The summed E-state index contributed by atoms with van der Waals surface area (Å²) in [5, 5.41) is 13.4. The van der Waals surface area contributed by atoms with Gasteiger partial charge in [-0.25, -0.2) is 9.59 Å². The monoisotopic (exact) mass is 460 g/mol. The molecular weight excluding hydrogens is 436 g/mol. The first-order valence-corrected chi connectivity index (χ1v) is 10.9. The quantitative estimate of drug-likeness (QED) is 0.448. The standard InChI is InChI=1S/C25H24N4O5/c1-33-24(31)18-14-34-23-17-5-3-2-4-16(17)22(30)20(19(18)23)21(15-6-8-27-9-7-15)28-10-12-29(13-11-28)25(26)32/h2-9,14,21,30H,10-13H2,1H3,(H2,26,32). The number of aromatic nitrogens is 1. The Hall–Kier alpha value is -4.11. The minimum absolute atomic E-state index is 0.0637. The lowest BCUT2D eigenvalue weighted by Gasteiger charge is -2.39. The van der Waals surface area contributed by atoms with Crippen molar-refractivity contribution < 1.29 is 23.8 Å². The van der Waals surface area contributed by atoms with E-state index in [2.05, 4.69) is 9.88 Å². The molecule has 3 N–H and O–H groups in total. The van der Waals surface area contributed by atoms with Gasteiger partial charge in [-0.1, -0.05) is 24.3 Å². The number of benzene rings is 2. The highest BCUT2D eigenvalue weighted by atomic mass is 16.5. The van der Waals surface area contributed by atoms with Crippen molar-refractivity contribution in [2.24, 2.45) is 5.73 Å². The van der Waals surface area contributed by atoms with E-state index < -0.39 is 18.0 Å². The molecule has 2 aromatic carbocycles. The van der Waals surface area contributed by atoms with Crippen LogP contribution >= 0.6 is 0 Å². The van der Waals surface area contributed by atoms with E-state index in [1.54, 1.807) is 17.3 Å². The second kappa shape index (κ2) is 8.68. The summed E-state index contributed by atoms with van der Waals surface area (Å²) < 4.78 is 10.9. The number of rotatable bonds is 4. The van der Waals surface area contributed by atoms with Crippen molar-refractivity contribution >= 4 is 33.7 Å². The summed E-state index contributed by atoms with van der Waals surface area (Å²) in [5.74, 6) is -0.490. The van der Waals surface area contributed by atoms with Gasteiger partial charge in [-0.2, -0.15) is 0 Å². The van der Waals surface area contributed by atoms with Crippen LogP contribution in [0.4, 0.5) is 4.79 Å². The molecule has 1 aliphatic heterocycles. The lowest BCUT2D eigenvalue weighted by Crippen LogP contribution is -2.51. The van der Waals surface area contributed by atoms with Gasteiger partial charge >= 0.3 is 12.0 Å². The third-order valence-electron chi connectivity index (χ3n) is 6.43. The predicted octanol–water partition coefficient (Wildman–Crippen LogP) is 3.26. The molecule has 9 heteroatoms. The Bertz CT molecular complexity index is 1380. The highest BCUT2D eigenvalue weighted by Crippen LogP contribution is 2.46. The molecular formula is C25H24N4O5. The number of furan rings is 1. The molecule has 0 radical (unpaired) electrons. The van der Waals surface area contributed by atoms with Crippen molar-refractivity contribution in [1.29, 1.82) is 0 Å². The molecule has 5 rings (SSSR count). The first-order valence-electron chi connectivity index (χ1n) is 10.9. The summed E-state index contributed by atoms with van der Waals surface area (Å²) in [5.41, 5.74) is 7.64. The van der Waals surface area contributed by atoms with E-state index in [0.29, 0.717) is 53.5 Å². The number of piperazine rings is 1. The van der Waals surface area contributed by atoms with Gasteiger partial charge in [0.05, 0.1) is 13.2 Å². The number of phenols is 1. The number of urea groups is 1. The number of esters is 1. The predicted molar refractivity (Wildman–Crippen MR) is 126 cm³/mol. The first kappa shape index (κ1) is 21.7. The summed E-state index contributed by atoms with van der Waals surface area (Å²) >= 11 is 0. The molecule has 174 valence electrons. The molecule has 2 amide bonds. The molecule has 2 aromatic heterocycles. The number of amides is 2. The number of phenolic OH excluding ortho intramolecular Hbond substituents is 1. The maximum absolute atomic E-state index is 12.7. The van der Waals surface area contributed by atoms with Crippen LogP contribution in [0, 0.1) is 0 Å². The maximum atomic E-state index is 12.7. The highest BCUT2D eigenvalue weighted by molar-refractivity contribution is 6.16. The Labute approximate surface area is 195 Å². The zero-order valence-corrected chi connectivity index (χ0v) is 18.6. The SMILES string of the molecule is COC(=O)c1coc2c1c(C(c1ccncc1)N1CCN(C(N)=O)CC1)c(O)c1ccccc12. The van der Waals surface area contributed by atoms with Crippen LogP contribution in [-0.4, -0.2) is 65.2 Å². The molecule has 0 spiro atoms. The molecule has 0 saturated carbocycles. The van der Waals surface area contributed by atoms with Crippen molar-refractivity contribution in [3.63, 3.8) is 0 Å². The Kier molecular flexibility index (Phi) is 5.54. The van der Waals surface area contributed by atoms with Gasteiger partial charge in [-0.05, 0) is 17.7 Å². The fourth-order valence-corrected chi connectivity index (χ4v) is 4.81. The van der Waals surface area contributed by atoms with Crippen LogP contribution < -0.4 is 5.73 Å². The van der Waals surface area contributed by atoms with E-state index in [-0.39, 0.29) is 11.3 Å². The van der Waals surface area contributed by atoms with Gasteiger partial charge in [0.25, 0.3) is 0 Å². The molecule has 3 heterocycles. The number of aromatic hydroxyl groups is 1. The average Bonchev–Trinajstić information content (AvgIpc) is 3.32. The maximum Gasteiger partial charge on any atom is 0.341 e. The van der Waals surface area contributed by atoms with Crippen molar-refractivity contribution in [2.45, 2.75) is 6.04 Å². The van der Waals surface area contributed by atoms with E-state index in [4.69, 9.17) is 14.9 Å². The van der Waals surface area contributed by atoms with E-state index in [1.165, 1.54) is 13.4 Å². The first-order chi connectivity index (χ1) is 16.5. The number of nitrogens with two attached hydrogens (primary N) is 1. The number of carbonyl (C=O) groups is 2. The van der Waals surface area contributed by atoms with E-state index >= 15 is 0 Å². The molecule has 1 saturated heterocycles. The van der Waals surface area contributed by atoms with Crippen LogP contribution in [0.1, 0.15) is 27.5 Å². The summed E-state index contributed by atoms with van der Waals surface area (Å²) in [4.78, 5) is 32.3. The van der Waals surface area contributed by atoms with Crippen LogP contribution in [0.15, 0.2) is 59.5 Å². The molecule has 4 aromatic rings. The third-order valence-corrected chi connectivity index (χ3v) is 6.43. The average molecular weight is 460 g/mol. The Morgan fingerprint density at radius 3 is 2.41 bits per heavy atom. The van der Waals surface area contributed by atoms with Crippen molar-refractivity contribution in [1.82, 2.24) is 14.8 Å². The van der Waals surface area contributed by atoms with Gasteiger partial charge in [0.1, 0.15) is 23.2 Å². The minimum Gasteiger partial charge on any atom is -0.507 e. The van der Waals surface area contributed by atoms with Crippen LogP contribution in [0.25, 0.3) is 21.7 Å². The molecule has 1 fully saturated rings. The smallest absolute Gasteiger partial charge is 0.341 e. The number of primary amides is 1. The largest absolute Gasteiger partial charge is 0.507 e. The number of hydrogen-bond donors (Lipinski definition) is 2. The number of fused-ring (bicyclic) bond motifs is 3. The fraction of sp³-hybridized carbons (Fsp3) is 0.240. The molecule has 0 aliphatic carbocycles. The van der Waals surface area contributed by atoms with E-state index in [9.17, 15) is 14.7 Å². The molecule has 1 unspecified atom stereocenters. The number of nitrogens with zero attached hydrogens (tertiary/aromatic N) is 3. The lowest BCUT2D eigenvalue weighted by atomic mass is 9.89. The van der Waals surface area contributed by atoms with Gasteiger partial charge < -0.3 is 24.9 Å². The number of pyridine rings is 1. The second-order valence-corrected chi connectivity index (χ2v) is 8.20. The zero-order valence-electron chi connectivity index (χ0n) is 18.6. The van der Waals surface area contributed by atoms with E-state index in [1.807, 2.05) is 36.4 Å². The molecule has 1 atom stereocenters. The highest BCUT2D eigenvalue weighted by Gasteiger charge is 2.34. The molecule has 0 bridgehead atoms. The molecule has 9 nitrogen and oxygen atoms in total. The summed E-state index contributed by atoms with van der Waals surface area (Å²) in [6.45, 7) is 1.94. The van der Waals surface area contributed by atoms with E-state index in [0.717, 1.165) is 5.56 Å². The van der Waals surface area contributed by atoms with Crippen LogP contribution in [0.2, 0.25) is 0 Å². The Balaban J connectivity index is 1.79. The fourth-order valence-electron chi connectivity index (χ4n) is 4.81. The van der Waals surface area contributed by atoms with Crippen molar-refractivity contribution in [2.75, 3.05) is 33.3 Å². The van der Waals surface area contributed by atoms with Gasteiger partial charge in [0.15, 0.2) is 0 Å². The zero-order chi connectivity index (χ0) is 23.8. The normalized spacial score (nSPS) is 15.5. The summed E-state index contributed by atoms with van der Waals surface area (Å²) in [6, 6.07) is 10.2. The van der Waals surface area contributed by atoms with Crippen molar-refractivity contribution in [3.8, 4) is 5.75 Å². The Morgan fingerprint density at radius 2 is 1.76 bits per heavy atom. The van der Waals surface area contributed by atoms with Gasteiger partial charge in [0, 0.05) is 60.3 Å². The van der Waals surface area contributed by atoms with Crippen LogP contribution in [-0.2, 0) is 4.74 Å². The minimum atomic E-state index is -0.554. The number of methoxy groups -OCH3 is 1. The topological polar surface area (TPSA) is 122 Å². The van der Waals surface area contributed by atoms with Gasteiger partial charge in [-0.15, -0.1) is 0 Å². The van der Waals surface area contributed by atoms with Crippen LogP contribution in [0.3, 0.4) is 0 Å². The number of carbonyl (C=O) groups excluding carboxylic acids is 2.